The first-order chi connectivity index (χ1) is 14.3. The molecular weight excluding hydrogens is 429 g/mol. The fourth-order valence-electron chi connectivity index (χ4n) is 3.39. The van der Waals surface area contributed by atoms with Gasteiger partial charge in [0.25, 0.3) is 0 Å². The van der Waals surface area contributed by atoms with Crippen molar-refractivity contribution < 1.29 is 15.0 Å². The second kappa shape index (κ2) is 7.51. The molecule has 3 aromatic rings. The number of benzene rings is 2. The van der Waals surface area contributed by atoms with E-state index in [-0.39, 0.29) is 5.69 Å². The summed E-state index contributed by atoms with van der Waals surface area (Å²) >= 11 is 12.0. The van der Waals surface area contributed by atoms with Crippen LogP contribution in [-0.4, -0.2) is 31.9 Å². The monoisotopic (exact) mass is 443 g/mol. The largest absolute Gasteiger partial charge is 0.493 e. The molecule has 0 fully saturated rings. The van der Waals surface area contributed by atoms with Crippen molar-refractivity contribution in [3.63, 3.8) is 0 Å². The molecule has 0 amide bonds. The van der Waals surface area contributed by atoms with E-state index < -0.39 is 23.6 Å². The molecule has 1 aromatic heterocycles. The van der Waals surface area contributed by atoms with E-state index in [1.54, 1.807) is 18.3 Å². The van der Waals surface area contributed by atoms with E-state index in [1.165, 1.54) is 30.3 Å². The highest BCUT2D eigenvalue weighted by Gasteiger charge is 2.28. The molecule has 0 spiro atoms. The number of imidazole rings is 1. The van der Waals surface area contributed by atoms with Gasteiger partial charge in [-0.2, -0.15) is 0 Å². The van der Waals surface area contributed by atoms with E-state index >= 15 is 0 Å². The summed E-state index contributed by atoms with van der Waals surface area (Å²) < 4.78 is 0.790. The van der Waals surface area contributed by atoms with Crippen molar-refractivity contribution in [2.45, 2.75) is 13.0 Å². The molecule has 0 bridgehead atoms. The minimum absolute atomic E-state index is 0.0714. The lowest BCUT2D eigenvalue weighted by Crippen LogP contribution is -2.28. The van der Waals surface area contributed by atoms with Crippen LogP contribution in [0.25, 0.3) is 11.6 Å². The lowest BCUT2D eigenvalue weighted by atomic mass is 10.0. The number of aliphatic carboxylic acids is 1. The fourth-order valence-corrected chi connectivity index (χ4v) is 3.67. The van der Waals surface area contributed by atoms with Crippen molar-refractivity contribution in [1.29, 1.82) is 0 Å². The number of fused-ring (bicyclic) bond motifs is 1. The van der Waals surface area contributed by atoms with E-state index in [9.17, 15) is 19.8 Å². The lowest BCUT2D eigenvalue weighted by Gasteiger charge is -2.14. The van der Waals surface area contributed by atoms with Crippen LogP contribution in [0.15, 0.2) is 46.2 Å². The molecule has 0 aliphatic carbocycles. The number of aromatic amines is 1. The number of H-pyrrole nitrogens is 1. The summed E-state index contributed by atoms with van der Waals surface area (Å²) in [5.74, 6) is -1.80. The number of aromatic hydroxyl groups is 1. The quantitative estimate of drug-likeness (QED) is 0.554. The Hall–Kier alpha value is -3.29. The second-order valence-corrected chi connectivity index (χ2v) is 7.60. The van der Waals surface area contributed by atoms with Crippen LogP contribution in [0.2, 0.25) is 10.0 Å². The molecule has 2 aromatic carbocycles. The molecular formula is C21H15Cl2N3O4. The SMILES string of the molecule is Cc1c(Cl)ccc2c1N=CC2=Cc1[nH]c(=O)n(C(C(=O)O)c2ccc(Cl)cc2)c1O. The highest BCUT2D eigenvalue weighted by atomic mass is 35.5. The first-order valence-corrected chi connectivity index (χ1v) is 9.60. The Morgan fingerprint density at radius 1 is 1.20 bits per heavy atom. The van der Waals surface area contributed by atoms with Gasteiger partial charge in [-0.25, -0.2) is 14.2 Å². The van der Waals surface area contributed by atoms with Crippen molar-refractivity contribution in [1.82, 2.24) is 9.55 Å². The van der Waals surface area contributed by atoms with Gasteiger partial charge in [-0.15, -0.1) is 0 Å². The first-order valence-electron chi connectivity index (χ1n) is 8.85. The van der Waals surface area contributed by atoms with Crippen LogP contribution in [-0.2, 0) is 4.79 Å². The number of hydrogen-bond acceptors (Lipinski definition) is 4. The number of halogens is 2. The number of nitrogens with zero attached hydrogens (tertiary/aromatic N) is 2. The number of nitrogens with one attached hydrogen (secondary N) is 1. The predicted molar refractivity (Wildman–Crippen MR) is 116 cm³/mol. The fraction of sp³-hybridized carbons (Fsp3) is 0.0952. The number of hydrogen-bond donors (Lipinski definition) is 3. The topological polar surface area (TPSA) is 108 Å². The average molecular weight is 444 g/mol. The maximum atomic E-state index is 12.5. The summed E-state index contributed by atoms with van der Waals surface area (Å²) in [4.78, 5) is 31.3. The molecule has 0 radical (unpaired) electrons. The van der Waals surface area contributed by atoms with Crippen LogP contribution >= 0.6 is 23.2 Å². The average Bonchev–Trinajstić information content (AvgIpc) is 3.23. The molecule has 0 saturated heterocycles. The summed E-state index contributed by atoms with van der Waals surface area (Å²) in [5.41, 5.74) is 2.56. The van der Waals surface area contributed by atoms with E-state index in [4.69, 9.17) is 23.2 Å². The molecule has 0 saturated carbocycles. The van der Waals surface area contributed by atoms with Crippen LogP contribution in [0.1, 0.15) is 28.4 Å². The zero-order chi connectivity index (χ0) is 21.6. The third-order valence-corrected chi connectivity index (χ3v) is 5.58. The minimum atomic E-state index is -1.43. The maximum absolute atomic E-state index is 12.5. The Morgan fingerprint density at radius 2 is 1.90 bits per heavy atom. The van der Waals surface area contributed by atoms with Gasteiger partial charge < -0.3 is 15.2 Å². The highest BCUT2D eigenvalue weighted by molar-refractivity contribution is 6.32. The van der Waals surface area contributed by atoms with Crippen molar-refractivity contribution >= 4 is 52.7 Å². The molecule has 1 aliphatic rings. The first kappa shape index (κ1) is 20.0. The van der Waals surface area contributed by atoms with Gasteiger partial charge in [-0.3, -0.25) is 4.99 Å². The third-order valence-electron chi connectivity index (χ3n) is 4.92. The molecule has 3 N–H and O–H groups in total. The lowest BCUT2D eigenvalue weighted by molar-refractivity contribution is -0.139. The van der Waals surface area contributed by atoms with E-state index in [1.807, 2.05) is 6.92 Å². The molecule has 1 aliphatic heterocycles. The van der Waals surface area contributed by atoms with Gasteiger partial charge in [0.2, 0.25) is 5.88 Å². The van der Waals surface area contributed by atoms with Crippen molar-refractivity contribution in [2.75, 3.05) is 0 Å². The predicted octanol–water partition coefficient (Wildman–Crippen LogP) is 4.43. The van der Waals surface area contributed by atoms with Crippen molar-refractivity contribution in [3.8, 4) is 5.88 Å². The smallest absolute Gasteiger partial charge is 0.331 e. The third kappa shape index (κ3) is 3.32. The molecule has 152 valence electrons. The molecule has 9 heteroatoms. The number of aliphatic imine (C=N–C) groups is 1. The molecule has 2 heterocycles. The van der Waals surface area contributed by atoms with Gasteiger partial charge in [0.05, 0.1) is 5.69 Å². The summed E-state index contributed by atoms with van der Waals surface area (Å²) in [5, 5.41) is 21.4. The van der Waals surface area contributed by atoms with Crippen LogP contribution in [0, 0.1) is 6.92 Å². The number of aromatic nitrogens is 2. The molecule has 7 nitrogen and oxygen atoms in total. The van der Waals surface area contributed by atoms with E-state index in [0.717, 1.165) is 15.7 Å². The minimum Gasteiger partial charge on any atom is -0.493 e. The van der Waals surface area contributed by atoms with Gasteiger partial charge in [-0.05, 0) is 42.3 Å². The molecule has 30 heavy (non-hydrogen) atoms. The molecule has 1 atom stereocenters. The molecule has 4 rings (SSSR count). The maximum Gasteiger partial charge on any atom is 0.331 e. The number of allylic oxidation sites excluding steroid dienone is 1. The van der Waals surface area contributed by atoms with Gasteiger partial charge in [-0.1, -0.05) is 41.4 Å². The standard InChI is InChI=1S/C21H15Cl2N3O4/c1-10-15(23)7-6-14-12(9-24-17(10)14)8-16-19(27)26(21(30)25-16)18(20(28)29)11-2-4-13(22)5-3-11/h2-9,18,27H,1H3,(H,25,30)(H,28,29). The Balaban J connectivity index is 1.81. The summed E-state index contributed by atoms with van der Waals surface area (Å²) in [6.45, 7) is 1.85. The van der Waals surface area contributed by atoms with Gasteiger partial charge in [0.1, 0.15) is 5.69 Å². The van der Waals surface area contributed by atoms with Gasteiger partial charge in [0.15, 0.2) is 6.04 Å². The number of carboxylic acids is 1. The van der Waals surface area contributed by atoms with Crippen molar-refractivity contribution in [3.05, 3.63) is 79.3 Å². The number of carboxylic acid groups (broad SMARTS) is 1. The molecule has 1 unspecified atom stereocenters. The number of carbonyl (C=O) groups is 1. The Morgan fingerprint density at radius 3 is 2.57 bits per heavy atom. The van der Waals surface area contributed by atoms with E-state index in [2.05, 4.69) is 9.98 Å². The van der Waals surface area contributed by atoms with Crippen LogP contribution < -0.4 is 5.69 Å². The Bertz CT molecular complexity index is 1290. The normalized spacial score (nSPS) is 14.8. The summed E-state index contributed by atoms with van der Waals surface area (Å²) in [7, 11) is 0. The highest BCUT2D eigenvalue weighted by Crippen LogP contribution is 2.39. The zero-order valence-corrected chi connectivity index (χ0v) is 17.1. The Labute approximate surface area is 180 Å². The van der Waals surface area contributed by atoms with Crippen LogP contribution in [0.4, 0.5) is 5.69 Å². The second-order valence-electron chi connectivity index (χ2n) is 6.76. The van der Waals surface area contributed by atoms with Crippen LogP contribution in [0.3, 0.4) is 0 Å². The number of rotatable bonds is 4. The van der Waals surface area contributed by atoms with Gasteiger partial charge in [0, 0.05) is 27.4 Å². The van der Waals surface area contributed by atoms with E-state index in [0.29, 0.717) is 26.9 Å². The van der Waals surface area contributed by atoms with Crippen LogP contribution in [0.5, 0.6) is 5.88 Å². The zero-order valence-electron chi connectivity index (χ0n) is 15.6. The van der Waals surface area contributed by atoms with Gasteiger partial charge >= 0.3 is 11.7 Å². The summed E-state index contributed by atoms with van der Waals surface area (Å²) in [6.07, 6.45) is 3.13. The summed E-state index contributed by atoms with van der Waals surface area (Å²) in [6, 6.07) is 8.13. The van der Waals surface area contributed by atoms with Crippen molar-refractivity contribution in [2.24, 2.45) is 4.99 Å². The Kier molecular flexibility index (Phi) is 5.01.